The first-order valence-electron chi connectivity index (χ1n) is 6.22. The number of hydrogen-bond donors (Lipinski definition) is 1. The average molecular weight is 283 g/mol. The zero-order valence-corrected chi connectivity index (χ0v) is 11.4. The number of hydrogen-bond acceptors (Lipinski definition) is 2. The van der Waals surface area contributed by atoms with Crippen LogP contribution in [0.4, 0.5) is 4.39 Å². The van der Waals surface area contributed by atoms with Gasteiger partial charge in [-0.15, -0.1) is 0 Å². The van der Waals surface area contributed by atoms with Crippen LogP contribution in [0.5, 0.6) is 0 Å². The number of benzene rings is 1. The lowest BCUT2D eigenvalue weighted by Crippen LogP contribution is -2.17. The SMILES string of the molecule is CCn1ccnc1CC(O)Cc1ccc(F)cc1Cl. The molecule has 0 bridgehead atoms. The summed E-state index contributed by atoms with van der Waals surface area (Å²) in [5, 5.41) is 10.4. The molecule has 0 amide bonds. The van der Waals surface area contributed by atoms with Crippen molar-refractivity contribution in [1.29, 1.82) is 0 Å². The fraction of sp³-hybridized carbons (Fsp3) is 0.357. The maximum Gasteiger partial charge on any atom is 0.124 e. The Labute approximate surface area is 116 Å². The maximum absolute atomic E-state index is 12.9. The van der Waals surface area contributed by atoms with E-state index in [1.165, 1.54) is 12.1 Å². The van der Waals surface area contributed by atoms with Gasteiger partial charge in [0.25, 0.3) is 0 Å². The van der Waals surface area contributed by atoms with Gasteiger partial charge in [0.15, 0.2) is 0 Å². The molecule has 19 heavy (non-hydrogen) atoms. The van der Waals surface area contributed by atoms with Crippen LogP contribution in [0.25, 0.3) is 0 Å². The van der Waals surface area contributed by atoms with E-state index in [1.807, 2.05) is 17.7 Å². The molecule has 0 aliphatic rings. The second kappa shape index (κ2) is 6.17. The summed E-state index contributed by atoms with van der Waals surface area (Å²) in [6, 6.07) is 4.21. The smallest absolute Gasteiger partial charge is 0.124 e. The fourth-order valence-corrected chi connectivity index (χ4v) is 2.29. The average Bonchev–Trinajstić information content (AvgIpc) is 2.80. The topological polar surface area (TPSA) is 38.0 Å². The highest BCUT2D eigenvalue weighted by molar-refractivity contribution is 6.31. The Bertz CT molecular complexity index is 556. The predicted molar refractivity (Wildman–Crippen MR) is 72.7 cm³/mol. The van der Waals surface area contributed by atoms with Crippen molar-refractivity contribution in [3.63, 3.8) is 0 Å². The number of halogens is 2. The number of imidazole rings is 1. The Morgan fingerprint density at radius 1 is 1.42 bits per heavy atom. The molecule has 2 aromatic rings. The minimum absolute atomic E-state index is 0.345. The lowest BCUT2D eigenvalue weighted by atomic mass is 10.1. The summed E-state index contributed by atoms with van der Waals surface area (Å²) in [5.74, 6) is 0.470. The van der Waals surface area contributed by atoms with E-state index in [-0.39, 0.29) is 5.82 Å². The first kappa shape index (κ1) is 14.0. The van der Waals surface area contributed by atoms with Crippen molar-refractivity contribution in [1.82, 2.24) is 9.55 Å². The zero-order valence-electron chi connectivity index (χ0n) is 10.7. The highest BCUT2D eigenvalue weighted by Crippen LogP contribution is 2.19. The van der Waals surface area contributed by atoms with Crippen LogP contribution >= 0.6 is 11.6 Å². The molecule has 1 N–H and O–H groups in total. The molecule has 0 aliphatic carbocycles. The molecule has 0 saturated heterocycles. The number of aliphatic hydroxyl groups is 1. The Morgan fingerprint density at radius 2 is 2.21 bits per heavy atom. The van der Waals surface area contributed by atoms with E-state index < -0.39 is 6.10 Å². The third kappa shape index (κ3) is 3.55. The van der Waals surface area contributed by atoms with Crippen LogP contribution in [0.3, 0.4) is 0 Å². The van der Waals surface area contributed by atoms with Crippen LogP contribution < -0.4 is 0 Å². The first-order chi connectivity index (χ1) is 9.10. The Morgan fingerprint density at radius 3 is 2.89 bits per heavy atom. The summed E-state index contributed by atoms with van der Waals surface area (Å²) in [4.78, 5) is 4.22. The maximum atomic E-state index is 12.9. The summed E-state index contributed by atoms with van der Waals surface area (Å²) in [7, 11) is 0. The summed E-state index contributed by atoms with van der Waals surface area (Å²) in [6.07, 6.45) is 3.85. The standard InChI is InChI=1S/C14H16ClFN2O/c1-2-18-6-5-17-14(18)9-12(19)7-10-3-4-11(16)8-13(10)15/h3-6,8,12,19H,2,7,9H2,1H3. The highest BCUT2D eigenvalue weighted by atomic mass is 35.5. The summed E-state index contributed by atoms with van der Waals surface area (Å²) in [6.45, 7) is 2.84. The lowest BCUT2D eigenvalue weighted by molar-refractivity contribution is 0.171. The number of aromatic nitrogens is 2. The van der Waals surface area contributed by atoms with Gasteiger partial charge in [0.1, 0.15) is 11.6 Å². The molecule has 1 heterocycles. The van der Waals surface area contributed by atoms with Crippen LogP contribution in [0.1, 0.15) is 18.3 Å². The van der Waals surface area contributed by atoms with Gasteiger partial charge in [-0.3, -0.25) is 0 Å². The lowest BCUT2D eigenvalue weighted by Gasteiger charge is -2.12. The fourth-order valence-electron chi connectivity index (χ4n) is 2.04. The van der Waals surface area contributed by atoms with E-state index in [4.69, 9.17) is 11.6 Å². The van der Waals surface area contributed by atoms with Crippen LogP contribution in [0.15, 0.2) is 30.6 Å². The van der Waals surface area contributed by atoms with Crippen molar-refractivity contribution in [2.45, 2.75) is 32.4 Å². The Kier molecular flexibility index (Phi) is 4.56. The molecule has 0 radical (unpaired) electrons. The molecule has 102 valence electrons. The molecule has 1 aromatic heterocycles. The van der Waals surface area contributed by atoms with Gasteiger partial charge in [0, 0.05) is 36.8 Å². The normalized spacial score (nSPS) is 12.6. The van der Waals surface area contributed by atoms with E-state index >= 15 is 0 Å². The number of aliphatic hydroxyl groups excluding tert-OH is 1. The number of nitrogens with zero attached hydrogens (tertiary/aromatic N) is 2. The van der Waals surface area contributed by atoms with Crippen LogP contribution in [-0.4, -0.2) is 20.8 Å². The molecular weight excluding hydrogens is 267 g/mol. The Hall–Kier alpha value is -1.39. The van der Waals surface area contributed by atoms with Gasteiger partial charge in [-0.1, -0.05) is 17.7 Å². The third-order valence-corrected chi connectivity index (χ3v) is 3.38. The molecular formula is C14H16ClFN2O. The zero-order chi connectivity index (χ0) is 13.8. The monoisotopic (exact) mass is 282 g/mol. The molecule has 1 aromatic carbocycles. The largest absolute Gasteiger partial charge is 0.392 e. The second-order valence-corrected chi connectivity index (χ2v) is 4.83. The number of aryl methyl sites for hydroxylation is 1. The van der Waals surface area contributed by atoms with E-state index in [1.54, 1.807) is 12.3 Å². The van der Waals surface area contributed by atoms with Gasteiger partial charge in [0.05, 0.1) is 6.10 Å². The van der Waals surface area contributed by atoms with Gasteiger partial charge in [-0.05, 0) is 24.6 Å². The minimum atomic E-state index is -0.587. The highest BCUT2D eigenvalue weighted by Gasteiger charge is 2.12. The molecule has 0 fully saturated rings. The van der Waals surface area contributed by atoms with Crippen molar-refractivity contribution in [3.05, 3.63) is 52.8 Å². The molecule has 0 spiro atoms. The molecule has 3 nitrogen and oxygen atoms in total. The minimum Gasteiger partial charge on any atom is -0.392 e. The van der Waals surface area contributed by atoms with Crippen LogP contribution in [0, 0.1) is 5.82 Å². The second-order valence-electron chi connectivity index (χ2n) is 4.43. The Balaban J connectivity index is 2.03. The van der Waals surface area contributed by atoms with Gasteiger partial charge in [-0.25, -0.2) is 9.37 Å². The molecule has 0 saturated carbocycles. The van der Waals surface area contributed by atoms with Crippen molar-refractivity contribution in [2.75, 3.05) is 0 Å². The van der Waals surface area contributed by atoms with E-state index in [0.717, 1.165) is 17.9 Å². The summed E-state index contributed by atoms with van der Waals surface area (Å²) >= 11 is 5.94. The van der Waals surface area contributed by atoms with Gasteiger partial charge < -0.3 is 9.67 Å². The summed E-state index contributed by atoms with van der Waals surface area (Å²) in [5.41, 5.74) is 0.741. The van der Waals surface area contributed by atoms with Crippen LogP contribution in [0.2, 0.25) is 5.02 Å². The predicted octanol–water partition coefficient (Wildman–Crippen LogP) is 2.84. The van der Waals surface area contributed by atoms with E-state index in [0.29, 0.717) is 17.9 Å². The van der Waals surface area contributed by atoms with Crippen molar-refractivity contribution in [2.24, 2.45) is 0 Å². The molecule has 1 atom stereocenters. The van der Waals surface area contributed by atoms with Crippen molar-refractivity contribution < 1.29 is 9.50 Å². The van der Waals surface area contributed by atoms with Crippen LogP contribution in [-0.2, 0) is 19.4 Å². The molecule has 2 rings (SSSR count). The summed E-state index contributed by atoms with van der Waals surface area (Å²) < 4.78 is 14.9. The molecule has 1 unspecified atom stereocenters. The molecule has 0 aliphatic heterocycles. The third-order valence-electron chi connectivity index (χ3n) is 3.03. The number of rotatable bonds is 5. The first-order valence-corrected chi connectivity index (χ1v) is 6.60. The van der Waals surface area contributed by atoms with Gasteiger partial charge in [-0.2, -0.15) is 0 Å². The van der Waals surface area contributed by atoms with Crippen molar-refractivity contribution >= 4 is 11.6 Å². The van der Waals surface area contributed by atoms with Gasteiger partial charge in [0.2, 0.25) is 0 Å². The van der Waals surface area contributed by atoms with E-state index in [2.05, 4.69) is 4.98 Å². The quantitative estimate of drug-likeness (QED) is 0.916. The molecule has 5 heteroatoms. The van der Waals surface area contributed by atoms with Gasteiger partial charge >= 0.3 is 0 Å². The van der Waals surface area contributed by atoms with Crippen molar-refractivity contribution in [3.8, 4) is 0 Å². The van der Waals surface area contributed by atoms with E-state index in [9.17, 15) is 9.50 Å².